The van der Waals surface area contributed by atoms with Gasteiger partial charge in [-0.15, -0.1) is 0 Å². The van der Waals surface area contributed by atoms with E-state index in [1.165, 1.54) is 0 Å². The maximum Gasteiger partial charge on any atom is 0.255 e. The molecule has 2 rings (SSSR count). The van der Waals surface area contributed by atoms with Crippen molar-refractivity contribution in [2.24, 2.45) is 5.41 Å². The number of rotatable bonds is 6. The lowest BCUT2D eigenvalue weighted by Crippen LogP contribution is -2.30. The molecule has 5 heteroatoms. The van der Waals surface area contributed by atoms with Crippen molar-refractivity contribution < 1.29 is 9.59 Å². The molecule has 0 aliphatic heterocycles. The van der Waals surface area contributed by atoms with Gasteiger partial charge in [-0.3, -0.25) is 9.59 Å². The van der Waals surface area contributed by atoms with Crippen molar-refractivity contribution in [2.75, 3.05) is 10.6 Å². The number of anilines is 2. The van der Waals surface area contributed by atoms with Crippen LogP contribution < -0.4 is 10.6 Å². The predicted octanol–water partition coefficient (Wildman–Crippen LogP) is 5.36. The lowest BCUT2D eigenvalue weighted by molar-refractivity contribution is -0.124. The number of carbonyl (C=O) groups is 2. The third-order valence-corrected chi connectivity index (χ3v) is 4.19. The summed E-state index contributed by atoms with van der Waals surface area (Å²) in [5.74, 6) is -0.287. The maximum absolute atomic E-state index is 12.4. The van der Waals surface area contributed by atoms with E-state index in [1.807, 2.05) is 13.8 Å². The Labute approximate surface area is 153 Å². The zero-order valence-electron chi connectivity index (χ0n) is 14.7. The van der Waals surface area contributed by atoms with E-state index in [9.17, 15) is 9.59 Å². The number of nitrogens with one attached hydrogen (secondary N) is 2. The molecule has 0 aliphatic rings. The van der Waals surface area contributed by atoms with Crippen molar-refractivity contribution in [3.8, 4) is 0 Å². The first-order valence-electron chi connectivity index (χ1n) is 8.30. The highest BCUT2D eigenvalue weighted by atomic mass is 35.5. The van der Waals surface area contributed by atoms with E-state index in [-0.39, 0.29) is 11.8 Å². The quantitative estimate of drug-likeness (QED) is 0.730. The van der Waals surface area contributed by atoms with E-state index < -0.39 is 5.41 Å². The van der Waals surface area contributed by atoms with Crippen molar-refractivity contribution in [3.63, 3.8) is 0 Å². The van der Waals surface area contributed by atoms with Crippen LogP contribution in [0.15, 0.2) is 48.5 Å². The molecule has 2 aromatic carbocycles. The summed E-state index contributed by atoms with van der Waals surface area (Å²) < 4.78 is 0. The van der Waals surface area contributed by atoms with Crippen molar-refractivity contribution in [1.29, 1.82) is 0 Å². The zero-order valence-corrected chi connectivity index (χ0v) is 15.5. The Morgan fingerprint density at radius 3 is 2.28 bits per heavy atom. The lowest BCUT2D eigenvalue weighted by Gasteiger charge is -2.23. The van der Waals surface area contributed by atoms with Crippen LogP contribution in [0.1, 0.15) is 44.0 Å². The second-order valence-corrected chi connectivity index (χ2v) is 7.07. The van der Waals surface area contributed by atoms with Gasteiger partial charge in [0, 0.05) is 27.4 Å². The van der Waals surface area contributed by atoms with E-state index in [1.54, 1.807) is 48.5 Å². The summed E-state index contributed by atoms with van der Waals surface area (Å²) in [6.45, 7) is 5.91. The number of halogens is 1. The van der Waals surface area contributed by atoms with Crippen molar-refractivity contribution >= 4 is 34.8 Å². The van der Waals surface area contributed by atoms with Crippen LogP contribution in [-0.2, 0) is 4.79 Å². The Hall–Kier alpha value is -2.33. The summed E-state index contributed by atoms with van der Waals surface area (Å²) in [6, 6.07) is 13.8. The van der Waals surface area contributed by atoms with E-state index >= 15 is 0 Å². The predicted molar refractivity (Wildman–Crippen MR) is 103 cm³/mol. The largest absolute Gasteiger partial charge is 0.326 e. The first-order chi connectivity index (χ1) is 11.8. The van der Waals surface area contributed by atoms with Crippen LogP contribution in [-0.4, -0.2) is 11.8 Å². The number of hydrogen-bond donors (Lipinski definition) is 2. The molecule has 25 heavy (non-hydrogen) atoms. The molecule has 0 heterocycles. The van der Waals surface area contributed by atoms with Crippen LogP contribution in [0, 0.1) is 5.41 Å². The van der Waals surface area contributed by atoms with Gasteiger partial charge in [0.25, 0.3) is 5.91 Å². The highest BCUT2D eigenvalue weighted by molar-refractivity contribution is 6.31. The third-order valence-electron chi connectivity index (χ3n) is 3.95. The van der Waals surface area contributed by atoms with Gasteiger partial charge in [-0.25, -0.2) is 0 Å². The minimum Gasteiger partial charge on any atom is -0.326 e. The molecule has 0 radical (unpaired) electrons. The van der Waals surface area contributed by atoms with Gasteiger partial charge < -0.3 is 10.6 Å². The number of hydrogen-bond acceptors (Lipinski definition) is 2. The molecule has 132 valence electrons. The van der Waals surface area contributed by atoms with Crippen molar-refractivity contribution in [2.45, 2.75) is 33.6 Å². The first-order valence-corrected chi connectivity index (χ1v) is 8.68. The molecule has 0 aromatic heterocycles. The molecule has 0 aliphatic carbocycles. The second-order valence-electron chi connectivity index (χ2n) is 6.63. The summed E-state index contributed by atoms with van der Waals surface area (Å²) in [7, 11) is 0. The van der Waals surface area contributed by atoms with E-state index in [0.29, 0.717) is 22.0 Å². The van der Waals surface area contributed by atoms with Crippen LogP contribution in [0.2, 0.25) is 5.02 Å². The monoisotopic (exact) mass is 358 g/mol. The Kier molecular flexibility index (Phi) is 6.21. The molecule has 4 nitrogen and oxygen atoms in total. The number of benzene rings is 2. The van der Waals surface area contributed by atoms with Crippen molar-refractivity contribution in [3.05, 3.63) is 59.1 Å². The van der Waals surface area contributed by atoms with E-state index in [0.717, 1.165) is 12.8 Å². The standard InChI is InChI=1S/C20H23ClN2O2/c1-4-11-20(2,3)19(25)23-17-10-6-9-16(13-17)22-18(24)14-7-5-8-15(21)12-14/h5-10,12-13H,4,11H2,1-3H3,(H,22,24)(H,23,25). The normalized spacial score (nSPS) is 11.0. The van der Waals surface area contributed by atoms with Gasteiger partial charge in [-0.2, -0.15) is 0 Å². The topological polar surface area (TPSA) is 58.2 Å². The Balaban J connectivity index is 2.08. The second kappa shape index (κ2) is 8.17. The van der Waals surface area contributed by atoms with Gasteiger partial charge in [0.15, 0.2) is 0 Å². The molecule has 0 saturated heterocycles. The van der Waals surface area contributed by atoms with Crippen LogP contribution in [0.4, 0.5) is 11.4 Å². The van der Waals surface area contributed by atoms with E-state index in [2.05, 4.69) is 17.6 Å². The fourth-order valence-corrected chi connectivity index (χ4v) is 2.74. The first kappa shape index (κ1) is 19.0. The third kappa shape index (κ3) is 5.33. The summed E-state index contributed by atoms with van der Waals surface area (Å²) in [4.78, 5) is 24.7. The summed E-state index contributed by atoms with van der Waals surface area (Å²) >= 11 is 5.92. The minimum absolute atomic E-state index is 0.0346. The van der Waals surface area contributed by atoms with E-state index in [4.69, 9.17) is 11.6 Å². The summed E-state index contributed by atoms with van der Waals surface area (Å²) in [5.41, 5.74) is 1.30. The molecular weight excluding hydrogens is 336 g/mol. The molecule has 0 spiro atoms. The van der Waals surface area contributed by atoms with Gasteiger partial charge >= 0.3 is 0 Å². The molecular formula is C20H23ClN2O2. The average Bonchev–Trinajstić information content (AvgIpc) is 2.55. The SMILES string of the molecule is CCCC(C)(C)C(=O)Nc1cccc(NC(=O)c2cccc(Cl)c2)c1. The zero-order chi connectivity index (χ0) is 18.4. The molecule has 0 saturated carbocycles. The highest BCUT2D eigenvalue weighted by Crippen LogP contribution is 2.25. The van der Waals surface area contributed by atoms with Crippen LogP contribution in [0.25, 0.3) is 0 Å². The fourth-order valence-electron chi connectivity index (χ4n) is 2.55. The molecule has 2 N–H and O–H groups in total. The van der Waals surface area contributed by atoms with Gasteiger partial charge in [-0.1, -0.05) is 50.9 Å². The number of carbonyl (C=O) groups excluding carboxylic acids is 2. The van der Waals surface area contributed by atoms with Crippen LogP contribution >= 0.6 is 11.6 Å². The Morgan fingerprint density at radius 2 is 1.64 bits per heavy atom. The molecule has 0 bridgehead atoms. The maximum atomic E-state index is 12.4. The van der Waals surface area contributed by atoms with Crippen molar-refractivity contribution in [1.82, 2.24) is 0 Å². The molecule has 2 amide bonds. The average molecular weight is 359 g/mol. The number of amides is 2. The smallest absolute Gasteiger partial charge is 0.255 e. The lowest BCUT2D eigenvalue weighted by atomic mass is 9.87. The van der Waals surface area contributed by atoms with Gasteiger partial charge in [0.05, 0.1) is 0 Å². The summed E-state index contributed by atoms with van der Waals surface area (Å²) in [5, 5.41) is 6.24. The van der Waals surface area contributed by atoms with Gasteiger partial charge in [0.2, 0.25) is 5.91 Å². The molecule has 0 fully saturated rings. The molecule has 2 aromatic rings. The Bertz CT molecular complexity index is 772. The summed E-state index contributed by atoms with van der Waals surface area (Å²) in [6.07, 6.45) is 1.75. The Morgan fingerprint density at radius 1 is 1.00 bits per heavy atom. The highest BCUT2D eigenvalue weighted by Gasteiger charge is 2.26. The molecule has 0 atom stereocenters. The van der Waals surface area contributed by atoms with Crippen LogP contribution in [0.3, 0.4) is 0 Å². The molecule has 0 unspecified atom stereocenters. The minimum atomic E-state index is -0.436. The van der Waals surface area contributed by atoms with Gasteiger partial charge in [-0.05, 0) is 42.8 Å². The fraction of sp³-hybridized carbons (Fsp3) is 0.300. The van der Waals surface area contributed by atoms with Gasteiger partial charge in [0.1, 0.15) is 0 Å². The van der Waals surface area contributed by atoms with Crippen LogP contribution in [0.5, 0.6) is 0 Å².